The summed E-state index contributed by atoms with van der Waals surface area (Å²) in [5.74, 6) is -1.05. The first kappa shape index (κ1) is 44.1. The van der Waals surface area contributed by atoms with Crippen molar-refractivity contribution in [1.29, 1.82) is 0 Å². The van der Waals surface area contributed by atoms with E-state index >= 15 is 0 Å². The molecule has 2 aliphatic heterocycles. The molecule has 0 spiro atoms. The van der Waals surface area contributed by atoms with Crippen LogP contribution in [0.15, 0.2) is 97.1 Å². The number of para-hydroxylation sites is 4. The third kappa shape index (κ3) is 10.8. The second-order valence-electron chi connectivity index (χ2n) is 15.0. The fourth-order valence-electron chi connectivity index (χ4n) is 6.30. The van der Waals surface area contributed by atoms with Crippen molar-refractivity contribution >= 4 is 63.9 Å². The largest absolute Gasteiger partial charge is 0.468 e. The summed E-state index contributed by atoms with van der Waals surface area (Å²) >= 11 is 0. The predicted molar refractivity (Wildman–Crippen MR) is 228 cm³/mol. The molecule has 2 atom stereocenters. The lowest BCUT2D eigenvalue weighted by atomic mass is 9.84. The van der Waals surface area contributed by atoms with E-state index in [1.54, 1.807) is 50.2 Å². The van der Waals surface area contributed by atoms with Crippen LogP contribution in [0.3, 0.4) is 0 Å². The van der Waals surface area contributed by atoms with E-state index in [0.717, 1.165) is 22.6 Å². The molecule has 8 N–H and O–H groups in total. The molecule has 0 aromatic heterocycles. The molecule has 0 fully saturated rings. The molecule has 4 aromatic rings. The number of methoxy groups -OCH3 is 2. The Morgan fingerprint density at radius 2 is 1.17 bits per heavy atom. The number of esters is 2. The van der Waals surface area contributed by atoms with Gasteiger partial charge in [-0.05, 0) is 87.4 Å². The van der Waals surface area contributed by atoms with Gasteiger partial charge in [-0.3, -0.25) is 19.2 Å². The fraction of sp³-hybridized carbons (Fsp3) is 0.326. The lowest BCUT2D eigenvalue weighted by Crippen LogP contribution is -2.49. The highest BCUT2D eigenvalue weighted by atomic mass is 16.5. The van der Waals surface area contributed by atoms with E-state index in [2.05, 4.69) is 21.3 Å². The third-order valence-corrected chi connectivity index (χ3v) is 9.87. The number of ether oxygens (including phenoxy) is 2. The highest BCUT2D eigenvalue weighted by molar-refractivity contribution is 6.03. The van der Waals surface area contributed by atoms with E-state index in [4.69, 9.17) is 20.9 Å². The minimum Gasteiger partial charge on any atom is -0.468 e. The number of anilines is 6. The van der Waals surface area contributed by atoms with Crippen LogP contribution in [0.4, 0.5) is 38.9 Å². The van der Waals surface area contributed by atoms with Gasteiger partial charge in [0.2, 0.25) is 11.8 Å². The summed E-state index contributed by atoms with van der Waals surface area (Å²) in [5.41, 5.74) is 16.0. The Labute approximate surface area is 339 Å². The Hall–Kier alpha value is -6.61. The number of likely N-dealkylation sites (N-methyl/N-ethyl adjacent to an activating group) is 2. The third-order valence-electron chi connectivity index (χ3n) is 9.87. The number of nitrogens with zero attached hydrogens (tertiary/aromatic N) is 2. The number of carbonyl (C=O) groups excluding carboxylic acids is 5. The number of benzene rings is 4. The molecule has 4 aromatic carbocycles. The second-order valence-corrected chi connectivity index (χ2v) is 15.0. The standard InChI is InChI=1S/C22H26N4O4.C11H15NO2.C10H13N3O/c1-22(2,20(28)30-4)14-8-7-9-15(12-14)23-21(29)25-17-13-26(3)18-11-6-5-10-16(18)24-19(17)27;1-11(2,10(13)14-3)8-5-4-6-9(12)7-8;1-13-6-7(11)10(14)12-8-4-2-3-5-9(8)13/h5-12,17H,13H2,1-4H3,(H,24,27)(H2,23,25,29);4-7H,12H2,1-3H3;2-5,7H,6,11H2,1H3,(H,12,14). The zero-order valence-corrected chi connectivity index (χ0v) is 34.2. The summed E-state index contributed by atoms with van der Waals surface area (Å²) in [6, 6.07) is 27.7. The van der Waals surface area contributed by atoms with Gasteiger partial charge in [0.15, 0.2) is 0 Å². The molecule has 58 heavy (non-hydrogen) atoms. The lowest BCUT2D eigenvalue weighted by molar-refractivity contribution is -0.147. The zero-order valence-electron chi connectivity index (χ0n) is 34.2. The molecular formula is C43H54N8O7. The maximum Gasteiger partial charge on any atom is 0.319 e. The van der Waals surface area contributed by atoms with Crippen molar-refractivity contribution in [2.45, 2.75) is 50.6 Å². The quantitative estimate of drug-likeness (QED) is 0.115. The van der Waals surface area contributed by atoms with Gasteiger partial charge in [0.25, 0.3) is 0 Å². The van der Waals surface area contributed by atoms with Crippen molar-refractivity contribution in [3.05, 3.63) is 108 Å². The van der Waals surface area contributed by atoms with Gasteiger partial charge in [0, 0.05) is 38.6 Å². The van der Waals surface area contributed by atoms with Gasteiger partial charge < -0.3 is 52.0 Å². The molecule has 0 aliphatic carbocycles. The van der Waals surface area contributed by atoms with Crippen LogP contribution < -0.4 is 42.5 Å². The van der Waals surface area contributed by atoms with Crippen LogP contribution in [-0.2, 0) is 39.5 Å². The number of urea groups is 1. The van der Waals surface area contributed by atoms with E-state index in [1.165, 1.54) is 14.2 Å². The van der Waals surface area contributed by atoms with E-state index in [1.807, 2.05) is 98.4 Å². The zero-order chi connectivity index (χ0) is 42.8. The van der Waals surface area contributed by atoms with Crippen molar-refractivity contribution in [2.24, 2.45) is 5.73 Å². The first-order chi connectivity index (χ1) is 27.4. The van der Waals surface area contributed by atoms with Crippen molar-refractivity contribution in [3.8, 4) is 0 Å². The molecule has 2 heterocycles. The highest BCUT2D eigenvalue weighted by Crippen LogP contribution is 2.30. The smallest absolute Gasteiger partial charge is 0.319 e. The van der Waals surface area contributed by atoms with Crippen molar-refractivity contribution in [2.75, 3.05) is 72.9 Å². The van der Waals surface area contributed by atoms with E-state index in [-0.39, 0.29) is 23.8 Å². The molecule has 0 radical (unpaired) electrons. The number of nitrogens with one attached hydrogen (secondary N) is 4. The first-order valence-corrected chi connectivity index (χ1v) is 18.6. The molecule has 2 unspecified atom stereocenters. The van der Waals surface area contributed by atoms with Crippen molar-refractivity contribution < 1.29 is 33.4 Å². The SMILES string of the molecule is CN1CC(N)C(=O)Nc2ccccc21.COC(=O)C(C)(C)c1cccc(N)c1.COC(=O)C(C)(C)c1cccc(NC(=O)NC2CN(C)c3ccccc3NC2=O)c1. The number of hydrogen-bond acceptors (Lipinski definition) is 11. The molecule has 15 nitrogen and oxygen atoms in total. The maximum absolute atomic E-state index is 12.6. The Balaban J connectivity index is 0.000000220. The topological polar surface area (TPSA) is 210 Å². The number of nitrogen functional groups attached to an aromatic ring is 1. The molecule has 0 bridgehead atoms. The van der Waals surface area contributed by atoms with Gasteiger partial charge in [-0.2, -0.15) is 0 Å². The number of nitrogens with two attached hydrogens (primary N) is 2. The maximum atomic E-state index is 12.6. The summed E-state index contributed by atoms with van der Waals surface area (Å²) in [6.07, 6.45) is 0. The molecule has 15 heteroatoms. The van der Waals surface area contributed by atoms with Gasteiger partial charge in [-0.15, -0.1) is 0 Å². The van der Waals surface area contributed by atoms with Gasteiger partial charge in [0.1, 0.15) is 12.1 Å². The summed E-state index contributed by atoms with van der Waals surface area (Å²) in [4.78, 5) is 64.0. The molecule has 2 aliphatic rings. The van der Waals surface area contributed by atoms with Crippen LogP contribution in [-0.4, -0.2) is 83.3 Å². The summed E-state index contributed by atoms with van der Waals surface area (Å²) in [7, 11) is 6.52. The molecule has 0 saturated heterocycles. The van der Waals surface area contributed by atoms with Crippen LogP contribution in [0.5, 0.6) is 0 Å². The minimum absolute atomic E-state index is 0.123. The average molecular weight is 795 g/mol. The summed E-state index contributed by atoms with van der Waals surface area (Å²) in [6.45, 7) is 8.00. The number of fused-ring (bicyclic) bond motifs is 2. The Bertz CT molecular complexity index is 2120. The number of amides is 4. The molecule has 0 saturated carbocycles. The summed E-state index contributed by atoms with van der Waals surface area (Å²) in [5, 5.41) is 11.1. The number of rotatable bonds is 6. The molecule has 6 rings (SSSR count). The second kappa shape index (κ2) is 19.0. The molecule has 4 amide bonds. The monoisotopic (exact) mass is 794 g/mol. The molecular weight excluding hydrogens is 741 g/mol. The Morgan fingerprint density at radius 1 is 0.690 bits per heavy atom. The van der Waals surface area contributed by atoms with Crippen molar-refractivity contribution in [1.82, 2.24) is 5.32 Å². The van der Waals surface area contributed by atoms with Crippen LogP contribution in [0.2, 0.25) is 0 Å². The van der Waals surface area contributed by atoms with Gasteiger partial charge in [-0.25, -0.2) is 4.79 Å². The van der Waals surface area contributed by atoms with Crippen LogP contribution in [0.25, 0.3) is 0 Å². The van der Waals surface area contributed by atoms with Gasteiger partial charge in [-0.1, -0.05) is 48.5 Å². The number of carbonyl (C=O) groups is 5. The minimum atomic E-state index is -0.863. The highest BCUT2D eigenvalue weighted by Gasteiger charge is 2.32. The van der Waals surface area contributed by atoms with E-state index < -0.39 is 28.9 Å². The normalized spacial score (nSPS) is 16.1. The lowest BCUT2D eigenvalue weighted by Gasteiger charge is -2.23. The Morgan fingerprint density at radius 3 is 1.71 bits per heavy atom. The average Bonchev–Trinajstić information content (AvgIpc) is 3.39. The summed E-state index contributed by atoms with van der Waals surface area (Å²) < 4.78 is 9.59. The van der Waals surface area contributed by atoms with Crippen LogP contribution in [0, 0.1) is 0 Å². The molecule has 308 valence electrons. The van der Waals surface area contributed by atoms with E-state index in [9.17, 15) is 24.0 Å². The first-order valence-electron chi connectivity index (χ1n) is 18.6. The van der Waals surface area contributed by atoms with Gasteiger partial charge in [0.05, 0.1) is 47.8 Å². The van der Waals surface area contributed by atoms with Gasteiger partial charge >= 0.3 is 18.0 Å². The predicted octanol–water partition coefficient (Wildman–Crippen LogP) is 4.84. The van der Waals surface area contributed by atoms with Crippen molar-refractivity contribution in [3.63, 3.8) is 0 Å². The van der Waals surface area contributed by atoms with Crippen LogP contribution >= 0.6 is 0 Å². The number of hydrogen-bond donors (Lipinski definition) is 6. The Kier molecular flexibility index (Phi) is 14.5. The fourth-order valence-corrected chi connectivity index (χ4v) is 6.30. The van der Waals surface area contributed by atoms with Crippen LogP contribution in [0.1, 0.15) is 38.8 Å². The van der Waals surface area contributed by atoms with E-state index in [0.29, 0.717) is 35.7 Å².